The van der Waals surface area contributed by atoms with E-state index in [1.165, 1.54) is 12.4 Å². The monoisotopic (exact) mass is 410 g/mol. The molecule has 1 aromatic heterocycles. The predicted molar refractivity (Wildman–Crippen MR) is 82.7 cm³/mol. The van der Waals surface area contributed by atoms with Gasteiger partial charge in [-0.2, -0.15) is 22.0 Å². The minimum absolute atomic E-state index is 0.0162. The van der Waals surface area contributed by atoms with E-state index in [2.05, 4.69) is 19.4 Å². The predicted octanol–water partition coefficient (Wildman–Crippen LogP) is 5.29. The van der Waals surface area contributed by atoms with Gasteiger partial charge in [0.25, 0.3) is 0 Å². The summed E-state index contributed by atoms with van der Waals surface area (Å²) in [6.07, 6.45) is -5.57. The first-order chi connectivity index (χ1) is 13.0. The first-order valence-electron chi connectivity index (χ1n) is 7.80. The fourth-order valence-corrected chi connectivity index (χ4v) is 2.00. The summed E-state index contributed by atoms with van der Waals surface area (Å²) in [6, 6.07) is 0.665. The molecule has 2 aromatic rings. The van der Waals surface area contributed by atoms with E-state index < -0.39 is 47.3 Å². The second-order valence-electron chi connectivity index (χ2n) is 5.46. The normalized spacial score (nSPS) is 12.4. The lowest BCUT2D eigenvalue weighted by Crippen LogP contribution is -2.25. The first-order valence-corrected chi connectivity index (χ1v) is 7.80. The molecule has 0 aliphatic heterocycles. The van der Waals surface area contributed by atoms with Crippen LogP contribution >= 0.6 is 0 Å². The summed E-state index contributed by atoms with van der Waals surface area (Å²) in [4.78, 5) is 6.95. The Balaban J connectivity index is 2.18. The molecule has 152 valence electrons. The minimum Gasteiger partial charge on any atom is -0.459 e. The second kappa shape index (κ2) is 8.44. The van der Waals surface area contributed by atoms with Crippen molar-refractivity contribution in [1.82, 2.24) is 9.97 Å². The van der Waals surface area contributed by atoms with Gasteiger partial charge >= 0.3 is 12.3 Å². The fraction of sp³-hybridized carbons (Fsp3) is 0.294. The van der Waals surface area contributed by atoms with Gasteiger partial charge in [-0.1, -0.05) is 13.3 Å². The van der Waals surface area contributed by atoms with Crippen LogP contribution in [-0.4, -0.2) is 16.1 Å². The molecule has 0 unspecified atom stereocenters. The number of hydrogen-bond donors (Lipinski definition) is 0. The van der Waals surface area contributed by atoms with Gasteiger partial charge in [-0.05, 0) is 12.0 Å². The van der Waals surface area contributed by atoms with E-state index >= 15 is 0 Å². The number of benzene rings is 1. The standard InChI is InChI=1S/C17H13F7N2O2/c1-2-3-10-8-25-15(26-9-10)17(23,24)28-11-6-12(18)14(13(19)7-11)27-5-4-16(20,21)22/h4-9H,2-3H2,1H3. The Hall–Kier alpha value is -2.85. The number of nitrogens with zero attached hydrogens (tertiary/aromatic N) is 2. The maximum atomic E-state index is 14.1. The lowest BCUT2D eigenvalue weighted by molar-refractivity contribution is -0.192. The Morgan fingerprint density at radius 3 is 2.07 bits per heavy atom. The quantitative estimate of drug-likeness (QED) is 0.460. The smallest absolute Gasteiger partial charge is 0.459 e. The van der Waals surface area contributed by atoms with Gasteiger partial charge in [0.1, 0.15) is 5.75 Å². The van der Waals surface area contributed by atoms with Crippen LogP contribution in [0.4, 0.5) is 30.7 Å². The molecule has 0 radical (unpaired) electrons. The molecule has 0 bridgehead atoms. The highest BCUT2D eigenvalue weighted by Gasteiger charge is 2.39. The molecule has 4 nitrogen and oxygen atoms in total. The van der Waals surface area contributed by atoms with Crippen LogP contribution in [0.2, 0.25) is 0 Å². The van der Waals surface area contributed by atoms with Crippen molar-refractivity contribution >= 4 is 0 Å². The molecule has 0 saturated heterocycles. The van der Waals surface area contributed by atoms with Gasteiger partial charge in [0, 0.05) is 24.5 Å². The van der Waals surface area contributed by atoms with Crippen LogP contribution < -0.4 is 9.47 Å². The molecule has 0 fully saturated rings. The van der Waals surface area contributed by atoms with Crippen LogP contribution in [0.5, 0.6) is 11.5 Å². The number of aromatic nitrogens is 2. The molecule has 1 aromatic carbocycles. The highest BCUT2D eigenvalue weighted by Crippen LogP contribution is 2.33. The van der Waals surface area contributed by atoms with Gasteiger partial charge in [-0.3, -0.25) is 0 Å². The Morgan fingerprint density at radius 2 is 1.57 bits per heavy atom. The molecular weight excluding hydrogens is 397 g/mol. The lowest BCUT2D eigenvalue weighted by Gasteiger charge is -2.17. The number of rotatable bonds is 7. The largest absolute Gasteiger partial charge is 0.462 e. The van der Waals surface area contributed by atoms with Crippen molar-refractivity contribution < 1.29 is 40.2 Å². The third-order valence-electron chi connectivity index (χ3n) is 3.17. The van der Waals surface area contributed by atoms with Crippen molar-refractivity contribution in [1.29, 1.82) is 0 Å². The number of halogens is 7. The molecule has 2 rings (SSSR count). The van der Waals surface area contributed by atoms with Crippen LogP contribution in [0.1, 0.15) is 24.7 Å². The molecule has 0 aliphatic carbocycles. The molecule has 11 heteroatoms. The molecule has 0 aliphatic rings. The second-order valence-corrected chi connectivity index (χ2v) is 5.46. The van der Waals surface area contributed by atoms with Crippen molar-refractivity contribution in [3.63, 3.8) is 0 Å². The summed E-state index contributed by atoms with van der Waals surface area (Å²) in [5.41, 5.74) is 0.618. The van der Waals surface area contributed by atoms with Crippen LogP contribution in [-0.2, 0) is 12.5 Å². The van der Waals surface area contributed by atoms with Crippen LogP contribution in [0, 0.1) is 11.6 Å². The zero-order valence-electron chi connectivity index (χ0n) is 14.2. The SMILES string of the molecule is CCCc1cnc(C(F)(F)Oc2cc(F)c(OC=CC(F)(F)F)c(F)c2)nc1. The maximum absolute atomic E-state index is 14.1. The third kappa shape index (κ3) is 5.83. The van der Waals surface area contributed by atoms with Gasteiger partial charge in [-0.25, -0.2) is 18.7 Å². The van der Waals surface area contributed by atoms with Crippen molar-refractivity contribution in [2.24, 2.45) is 0 Å². The van der Waals surface area contributed by atoms with E-state index in [1.54, 1.807) is 0 Å². The summed E-state index contributed by atoms with van der Waals surface area (Å²) in [6.45, 7) is 1.88. The Bertz CT molecular complexity index is 813. The summed E-state index contributed by atoms with van der Waals surface area (Å²) in [7, 11) is 0. The molecule has 0 N–H and O–H groups in total. The van der Waals surface area contributed by atoms with E-state index in [9.17, 15) is 30.7 Å². The number of ether oxygens (including phenoxy) is 2. The fourth-order valence-electron chi connectivity index (χ4n) is 2.00. The van der Waals surface area contributed by atoms with Crippen molar-refractivity contribution in [3.8, 4) is 11.5 Å². The first kappa shape index (κ1) is 21.5. The molecule has 28 heavy (non-hydrogen) atoms. The molecule has 0 spiro atoms. The summed E-state index contributed by atoms with van der Waals surface area (Å²) in [5.74, 6) is -6.26. The van der Waals surface area contributed by atoms with E-state index in [4.69, 9.17) is 0 Å². The molecule has 0 amide bonds. The number of hydrogen-bond acceptors (Lipinski definition) is 4. The summed E-state index contributed by atoms with van der Waals surface area (Å²) < 4.78 is 100. The van der Waals surface area contributed by atoms with E-state index in [1.807, 2.05) is 6.92 Å². The van der Waals surface area contributed by atoms with Crippen LogP contribution in [0.3, 0.4) is 0 Å². The average Bonchev–Trinajstić information content (AvgIpc) is 2.57. The third-order valence-corrected chi connectivity index (χ3v) is 3.17. The van der Waals surface area contributed by atoms with E-state index in [0.29, 0.717) is 24.1 Å². The van der Waals surface area contributed by atoms with Gasteiger partial charge in [0.15, 0.2) is 17.4 Å². The van der Waals surface area contributed by atoms with Crippen molar-refractivity contribution in [2.75, 3.05) is 0 Å². The Morgan fingerprint density at radius 1 is 1.00 bits per heavy atom. The molecular formula is C17H13F7N2O2. The van der Waals surface area contributed by atoms with Crippen molar-refractivity contribution in [2.45, 2.75) is 32.1 Å². The van der Waals surface area contributed by atoms with Crippen molar-refractivity contribution in [3.05, 3.63) is 59.9 Å². The van der Waals surface area contributed by atoms with Gasteiger partial charge < -0.3 is 9.47 Å². The summed E-state index contributed by atoms with van der Waals surface area (Å²) >= 11 is 0. The highest BCUT2D eigenvalue weighted by atomic mass is 19.4. The molecule has 1 heterocycles. The zero-order valence-corrected chi connectivity index (χ0v) is 14.2. The molecule has 0 atom stereocenters. The van der Waals surface area contributed by atoms with E-state index in [0.717, 1.165) is 6.42 Å². The number of allylic oxidation sites excluding steroid dienone is 1. The Kier molecular flexibility index (Phi) is 6.47. The average molecular weight is 410 g/mol. The van der Waals surface area contributed by atoms with Gasteiger partial charge in [-0.15, -0.1) is 0 Å². The van der Waals surface area contributed by atoms with Gasteiger partial charge in [0.2, 0.25) is 5.82 Å². The maximum Gasteiger partial charge on any atom is 0.462 e. The highest BCUT2D eigenvalue weighted by molar-refractivity contribution is 5.35. The number of alkyl halides is 5. The molecule has 0 saturated carbocycles. The van der Waals surface area contributed by atoms with Crippen LogP contribution in [0.15, 0.2) is 36.9 Å². The topological polar surface area (TPSA) is 44.2 Å². The van der Waals surface area contributed by atoms with Gasteiger partial charge in [0.05, 0.1) is 12.3 Å². The minimum atomic E-state index is -4.76. The van der Waals surface area contributed by atoms with E-state index in [-0.39, 0.29) is 6.26 Å². The van der Waals surface area contributed by atoms with Crippen LogP contribution in [0.25, 0.3) is 0 Å². The zero-order chi connectivity index (χ0) is 20.9. The summed E-state index contributed by atoms with van der Waals surface area (Å²) in [5, 5.41) is 0. The number of aryl methyl sites for hydroxylation is 1. The lowest BCUT2D eigenvalue weighted by atomic mass is 10.2. The Labute approximate surface area is 154 Å².